The zero-order valence-electron chi connectivity index (χ0n) is 15.8. The van der Waals surface area contributed by atoms with E-state index in [1.54, 1.807) is 22.9 Å². The minimum atomic E-state index is -0.192. The molecule has 28 heavy (non-hydrogen) atoms. The second kappa shape index (κ2) is 7.80. The lowest BCUT2D eigenvalue weighted by Gasteiger charge is -2.31. The van der Waals surface area contributed by atoms with Crippen LogP contribution in [0.1, 0.15) is 46.2 Å². The Balaban J connectivity index is 1.46. The van der Waals surface area contributed by atoms with Crippen molar-refractivity contribution >= 4 is 5.91 Å². The standard InChI is InChI=1S/C21H23N5O2/c1-15-5-7-16(8-6-15)14-26-19(23-24-21(26)28)17-9-12-25(13-10-17)20(27)18-4-2-3-11-22-18/h2-8,11,17H,9-10,12-14H2,1H3,(H,24,28). The summed E-state index contributed by atoms with van der Waals surface area (Å²) in [6.07, 6.45) is 3.18. The smallest absolute Gasteiger partial charge is 0.337 e. The average molecular weight is 377 g/mol. The molecule has 3 heterocycles. The third-order valence-corrected chi connectivity index (χ3v) is 5.28. The summed E-state index contributed by atoms with van der Waals surface area (Å²) >= 11 is 0. The number of likely N-dealkylation sites (tertiary alicyclic amines) is 1. The Bertz CT molecular complexity index is 999. The van der Waals surface area contributed by atoms with Crippen LogP contribution < -0.4 is 5.69 Å². The first kappa shape index (κ1) is 18.2. The van der Waals surface area contributed by atoms with Gasteiger partial charge in [-0.2, -0.15) is 5.10 Å². The Kier molecular flexibility index (Phi) is 5.06. The number of rotatable bonds is 4. The van der Waals surface area contributed by atoms with Crippen LogP contribution in [0.5, 0.6) is 0 Å². The Morgan fingerprint density at radius 2 is 1.89 bits per heavy atom. The van der Waals surface area contributed by atoms with Gasteiger partial charge in [-0.15, -0.1) is 0 Å². The quantitative estimate of drug-likeness (QED) is 0.756. The number of aryl methyl sites for hydroxylation is 1. The summed E-state index contributed by atoms with van der Waals surface area (Å²) < 4.78 is 1.71. The van der Waals surface area contributed by atoms with Crippen molar-refractivity contribution in [2.75, 3.05) is 13.1 Å². The van der Waals surface area contributed by atoms with E-state index in [-0.39, 0.29) is 17.5 Å². The summed E-state index contributed by atoms with van der Waals surface area (Å²) in [4.78, 5) is 30.8. The van der Waals surface area contributed by atoms with E-state index in [4.69, 9.17) is 0 Å². The Morgan fingerprint density at radius 3 is 2.57 bits per heavy atom. The molecule has 1 fully saturated rings. The monoisotopic (exact) mass is 377 g/mol. The molecule has 7 heteroatoms. The largest absolute Gasteiger partial charge is 0.343 e. The van der Waals surface area contributed by atoms with Crippen LogP contribution in [0, 0.1) is 6.92 Å². The molecule has 3 aromatic rings. The van der Waals surface area contributed by atoms with Gasteiger partial charge in [0.25, 0.3) is 5.91 Å². The zero-order chi connectivity index (χ0) is 19.5. The highest BCUT2D eigenvalue weighted by Crippen LogP contribution is 2.27. The predicted octanol–water partition coefficient (Wildman–Crippen LogP) is 2.34. The lowest BCUT2D eigenvalue weighted by Crippen LogP contribution is -2.39. The maximum absolute atomic E-state index is 12.6. The van der Waals surface area contributed by atoms with Gasteiger partial charge in [-0.25, -0.2) is 9.89 Å². The Morgan fingerprint density at radius 1 is 1.14 bits per heavy atom. The van der Waals surface area contributed by atoms with Crippen molar-refractivity contribution in [2.45, 2.75) is 32.2 Å². The highest BCUT2D eigenvalue weighted by Gasteiger charge is 2.28. The molecule has 1 aromatic carbocycles. The molecule has 2 aromatic heterocycles. The van der Waals surface area contributed by atoms with Crippen molar-refractivity contribution in [3.8, 4) is 0 Å². The molecule has 0 aliphatic carbocycles. The van der Waals surface area contributed by atoms with Crippen LogP contribution in [-0.4, -0.2) is 43.6 Å². The fourth-order valence-electron chi connectivity index (χ4n) is 3.66. The molecule has 0 unspecified atom stereocenters. The number of aromatic nitrogens is 4. The van der Waals surface area contributed by atoms with Gasteiger partial charge in [0.2, 0.25) is 0 Å². The number of carbonyl (C=O) groups is 1. The third-order valence-electron chi connectivity index (χ3n) is 5.28. The third kappa shape index (κ3) is 3.74. The van der Waals surface area contributed by atoms with Gasteiger partial charge in [-0.1, -0.05) is 35.9 Å². The zero-order valence-corrected chi connectivity index (χ0v) is 15.8. The number of pyridine rings is 1. The molecular weight excluding hydrogens is 354 g/mol. The molecule has 0 bridgehead atoms. The molecule has 144 valence electrons. The van der Waals surface area contributed by atoms with Gasteiger partial charge < -0.3 is 4.90 Å². The highest BCUT2D eigenvalue weighted by molar-refractivity contribution is 5.92. The summed E-state index contributed by atoms with van der Waals surface area (Å²) in [6.45, 7) is 3.80. The summed E-state index contributed by atoms with van der Waals surface area (Å²) in [7, 11) is 0. The maximum Gasteiger partial charge on any atom is 0.343 e. The number of aromatic amines is 1. The SMILES string of the molecule is Cc1ccc(Cn2c(C3CCN(C(=O)c4ccccn4)CC3)n[nH]c2=O)cc1. The van der Waals surface area contributed by atoms with E-state index in [2.05, 4.69) is 15.2 Å². The van der Waals surface area contributed by atoms with Gasteiger partial charge in [-0.3, -0.25) is 14.3 Å². The molecule has 4 rings (SSSR count). The molecule has 0 radical (unpaired) electrons. The first-order valence-electron chi connectivity index (χ1n) is 9.53. The molecule has 0 spiro atoms. The van der Waals surface area contributed by atoms with E-state index in [1.807, 2.05) is 42.2 Å². The lowest BCUT2D eigenvalue weighted by molar-refractivity contribution is 0.0704. The molecule has 0 saturated carbocycles. The molecule has 1 amide bonds. The van der Waals surface area contributed by atoms with Crippen molar-refractivity contribution < 1.29 is 4.79 Å². The van der Waals surface area contributed by atoms with Crippen LogP contribution >= 0.6 is 0 Å². The summed E-state index contributed by atoms with van der Waals surface area (Å²) in [5, 5.41) is 6.88. The van der Waals surface area contributed by atoms with Gasteiger partial charge in [0, 0.05) is 25.2 Å². The fraction of sp³-hybridized carbons (Fsp3) is 0.333. The number of nitrogens with one attached hydrogen (secondary N) is 1. The number of carbonyl (C=O) groups excluding carboxylic acids is 1. The number of hydrogen-bond acceptors (Lipinski definition) is 4. The van der Waals surface area contributed by atoms with Gasteiger partial charge >= 0.3 is 5.69 Å². The average Bonchev–Trinajstić information content (AvgIpc) is 3.10. The van der Waals surface area contributed by atoms with E-state index in [0.717, 1.165) is 24.2 Å². The van der Waals surface area contributed by atoms with Crippen LogP contribution in [0.25, 0.3) is 0 Å². The fourth-order valence-corrected chi connectivity index (χ4v) is 3.66. The molecule has 1 aliphatic heterocycles. The van der Waals surface area contributed by atoms with E-state index in [0.29, 0.717) is 25.3 Å². The molecule has 1 aliphatic rings. The second-order valence-corrected chi connectivity index (χ2v) is 7.24. The van der Waals surface area contributed by atoms with Gasteiger partial charge in [-0.05, 0) is 37.5 Å². The number of piperidine rings is 1. The Labute approximate surface area is 163 Å². The number of amides is 1. The first-order valence-corrected chi connectivity index (χ1v) is 9.53. The van der Waals surface area contributed by atoms with Crippen molar-refractivity contribution in [2.24, 2.45) is 0 Å². The van der Waals surface area contributed by atoms with E-state index in [9.17, 15) is 9.59 Å². The van der Waals surface area contributed by atoms with Crippen LogP contribution in [0.15, 0.2) is 53.5 Å². The molecule has 7 nitrogen and oxygen atoms in total. The van der Waals surface area contributed by atoms with E-state index >= 15 is 0 Å². The number of nitrogens with zero attached hydrogens (tertiary/aromatic N) is 4. The summed E-state index contributed by atoms with van der Waals surface area (Å²) in [5.41, 5.74) is 2.53. The van der Waals surface area contributed by atoms with Crippen molar-refractivity contribution in [1.29, 1.82) is 0 Å². The van der Waals surface area contributed by atoms with Crippen molar-refractivity contribution in [3.05, 3.63) is 81.8 Å². The molecule has 0 atom stereocenters. The molecular formula is C21H23N5O2. The predicted molar refractivity (Wildman–Crippen MR) is 105 cm³/mol. The van der Waals surface area contributed by atoms with Crippen LogP contribution in [0.3, 0.4) is 0 Å². The summed E-state index contributed by atoms with van der Waals surface area (Å²) in [5.74, 6) is 0.880. The van der Waals surface area contributed by atoms with Crippen LogP contribution in [-0.2, 0) is 6.54 Å². The number of H-pyrrole nitrogens is 1. The number of benzene rings is 1. The van der Waals surface area contributed by atoms with E-state index < -0.39 is 0 Å². The lowest BCUT2D eigenvalue weighted by atomic mass is 9.95. The van der Waals surface area contributed by atoms with Crippen molar-refractivity contribution in [1.82, 2.24) is 24.6 Å². The number of hydrogen-bond donors (Lipinski definition) is 1. The second-order valence-electron chi connectivity index (χ2n) is 7.24. The summed E-state index contributed by atoms with van der Waals surface area (Å²) in [6, 6.07) is 13.5. The van der Waals surface area contributed by atoms with E-state index in [1.165, 1.54) is 5.56 Å². The first-order chi connectivity index (χ1) is 13.6. The van der Waals surface area contributed by atoms with Gasteiger partial charge in [0.15, 0.2) is 0 Å². The molecule has 1 saturated heterocycles. The molecule has 1 N–H and O–H groups in total. The minimum Gasteiger partial charge on any atom is -0.337 e. The Hall–Kier alpha value is -3.22. The van der Waals surface area contributed by atoms with Gasteiger partial charge in [0.05, 0.1) is 6.54 Å². The van der Waals surface area contributed by atoms with Crippen LogP contribution in [0.2, 0.25) is 0 Å². The maximum atomic E-state index is 12.6. The van der Waals surface area contributed by atoms with Crippen LogP contribution in [0.4, 0.5) is 0 Å². The highest BCUT2D eigenvalue weighted by atomic mass is 16.2. The normalized spacial score (nSPS) is 15.0. The topological polar surface area (TPSA) is 83.9 Å². The minimum absolute atomic E-state index is 0.0434. The van der Waals surface area contributed by atoms with Crippen molar-refractivity contribution in [3.63, 3.8) is 0 Å². The van der Waals surface area contributed by atoms with Gasteiger partial charge in [0.1, 0.15) is 11.5 Å².